The van der Waals surface area contributed by atoms with E-state index >= 15 is 0 Å². The number of hydrogen-bond donors (Lipinski definition) is 1. The topological polar surface area (TPSA) is 69.3 Å². The summed E-state index contributed by atoms with van der Waals surface area (Å²) in [6.07, 6.45) is 9.90. The Kier molecular flexibility index (Phi) is 4.94. The summed E-state index contributed by atoms with van der Waals surface area (Å²) in [6.45, 7) is 3.12. The number of likely N-dealkylation sites (N-methyl/N-ethyl adjacent to an activating group) is 1. The Labute approximate surface area is 154 Å². The molecule has 1 amide bonds. The third-order valence-electron chi connectivity index (χ3n) is 6.02. The molecule has 1 aliphatic carbocycles. The Balaban J connectivity index is 1.51. The number of aromatic amines is 1. The van der Waals surface area contributed by atoms with Gasteiger partial charge in [0.1, 0.15) is 5.82 Å². The lowest BCUT2D eigenvalue weighted by molar-refractivity contribution is -0.137. The molecule has 0 aromatic carbocycles. The minimum Gasteiger partial charge on any atom is -0.342 e. The molecule has 1 N–H and O–H groups in total. The summed E-state index contributed by atoms with van der Waals surface area (Å²) in [5, 5.41) is 0. The third kappa shape index (κ3) is 3.47. The standard InChI is InChI=1S/C20H28N4O2/c1-23-11-9-17-16(13-23)19(25)22-18(21-17)15-8-5-10-24(12-15)20(26)14-6-3-2-4-7-14/h2-3,14-15H,4-13H2,1H3,(H,21,22,25)/t14-,15+/m1/s1. The van der Waals surface area contributed by atoms with Crippen LogP contribution in [0.4, 0.5) is 0 Å². The van der Waals surface area contributed by atoms with Gasteiger partial charge in [-0.2, -0.15) is 0 Å². The van der Waals surface area contributed by atoms with Gasteiger partial charge in [0.2, 0.25) is 5.91 Å². The van der Waals surface area contributed by atoms with Crippen LogP contribution in [0.15, 0.2) is 16.9 Å². The normalized spacial score (nSPS) is 26.6. The number of amides is 1. The number of fused-ring (bicyclic) bond motifs is 1. The second-order valence-corrected chi connectivity index (χ2v) is 7.97. The van der Waals surface area contributed by atoms with Crippen molar-refractivity contribution in [3.05, 3.63) is 39.6 Å². The molecule has 0 unspecified atom stereocenters. The van der Waals surface area contributed by atoms with E-state index < -0.39 is 0 Å². The predicted octanol–water partition coefficient (Wildman–Crippen LogP) is 1.82. The third-order valence-corrected chi connectivity index (χ3v) is 6.02. The van der Waals surface area contributed by atoms with Gasteiger partial charge in [-0.1, -0.05) is 12.2 Å². The molecule has 1 aromatic heterocycles. The zero-order chi connectivity index (χ0) is 18.1. The zero-order valence-electron chi connectivity index (χ0n) is 15.5. The Morgan fingerprint density at radius 3 is 2.96 bits per heavy atom. The fraction of sp³-hybridized carbons (Fsp3) is 0.650. The molecule has 2 atom stereocenters. The van der Waals surface area contributed by atoms with Gasteiger partial charge in [0.15, 0.2) is 0 Å². The average Bonchev–Trinajstić information content (AvgIpc) is 2.68. The van der Waals surface area contributed by atoms with Crippen molar-refractivity contribution in [1.29, 1.82) is 0 Å². The number of carbonyl (C=O) groups excluding carboxylic acids is 1. The monoisotopic (exact) mass is 356 g/mol. The van der Waals surface area contributed by atoms with Gasteiger partial charge in [0.05, 0.1) is 11.3 Å². The summed E-state index contributed by atoms with van der Waals surface area (Å²) in [5.41, 5.74) is 1.75. The van der Waals surface area contributed by atoms with E-state index in [1.807, 2.05) is 11.9 Å². The summed E-state index contributed by atoms with van der Waals surface area (Å²) in [6, 6.07) is 0. The first-order chi connectivity index (χ1) is 12.6. The molecule has 6 heteroatoms. The van der Waals surface area contributed by atoms with Gasteiger partial charge in [-0.25, -0.2) is 4.98 Å². The summed E-state index contributed by atoms with van der Waals surface area (Å²) < 4.78 is 0. The van der Waals surface area contributed by atoms with Gasteiger partial charge in [0, 0.05) is 44.4 Å². The second kappa shape index (κ2) is 7.35. The van der Waals surface area contributed by atoms with E-state index in [0.29, 0.717) is 13.1 Å². The smallest absolute Gasteiger partial charge is 0.255 e. The van der Waals surface area contributed by atoms with Gasteiger partial charge >= 0.3 is 0 Å². The average molecular weight is 356 g/mol. The number of H-pyrrole nitrogens is 1. The first kappa shape index (κ1) is 17.5. The fourth-order valence-electron chi connectivity index (χ4n) is 4.45. The van der Waals surface area contributed by atoms with E-state index in [1.165, 1.54) is 0 Å². The van der Waals surface area contributed by atoms with E-state index in [-0.39, 0.29) is 23.3 Å². The van der Waals surface area contributed by atoms with E-state index in [2.05, 4.69) is 22.0 Å². The Bertz CT molecular complexity index is 770. The van der Waals surface area contributed by atoms with Crippen LogP contribution >= 0.6 is 0 Å². The Hall–Kier alpha value is -1.95. The number of nitrogens with one attached hydrogen (secondary N) is 1. The zero-order valence-corrected chi connectivity index (χ0v) is 15.5. The van der Waals surface area contributed by atoms with Crippen LogP contribution in [0.2, 0.25) is 0 Å². The summed E-state index contributed by atoms with van der Waals surface area (Å²) >= 11 is 0. The van der Waals surface area contributed by atoms with Crippen molar-refractivity contribution in [2.24, 2.45) is 5.92 Å². The maximum Gasteiger partial charge on any atom is 0.255 e. The number of rotatable bonds is 2. The predicted molar refractivity (Wildman–Crippen MR) is 99.9 cm³/mol. The number of aromatic nitrogens is 2. The Morgan fingerprint density at radius 2 is 2.15 bits per heavy atom. The lowest BCUT2D eigenvalue weighted by Gasteiger charge is -2.35. The van der Waals surface area contributed by atoms with Crippen molar-refractivity contribution in [3.63, 3.8) is 0 Å². The minimum absolute atomic E-state index is 0.00239. The maximum absolute atomic E-state index is 12.9. The number of hydrogen-bond acceptors (Lipinski definition) is 4. The minimum atomic E-state index is -0.00239. The molecular weight excluding hydrogens is 328 g/mol. The lowest BCUT2D eigenvalue weighted by Crippen LogP contribution is -2.43. The molecule has 0 radical (unpaired) electrons. The van der Waals surface area contributed by atoms with Crippen LogP contribution in [0.5, 0.6) is 0 Å². The van der Waals surface area contributed by atoms with Crippen molar-refractivity contribution in [1.82, 2.24) is 19.8 Å². The highest BCUT2D eigenvalue weighted by molar-refractivity contribution is 5.79. The molecule has 3 heterocycles. The molecule has 1 saturated heterocycles. The van der Waals surface area contributed by atoms with E-state index in [1.54, 1.807) is 0 Å². The fourth-order valence-corrected chi connectivity index (χ4v) is 4.45. The summed E-state index contributed by atoms with van der Waals surface area (Å²) in [4.78, 5) is 37.4. The SMILES string of the molecule is CN1CCc2nc([C@H]3CCCN(C(=O)[C@@H]4CC=CCC4)C3)[nH]c(=O)c2C1. The molecule has 140 valence electrons. The Morgan fingerprint density at radius 1 is 1.27 bits per heavy atom. The van der Waals surface area contributed by atoms with Gasteiger partial charge in [0.25, 0.3) is 5.56 Å². The molecule has 26 heavy (non-hydrogen) atoms. The molecular formula is C20H28N4O2. The largest absolute Gasteiger partial charge is 0.342 e. The highest BCUT2D eigenvalue weighted by atomic mass is 16.2. The van der Waals surface area contributed by atoms with Crippen molar-refractivity contribution in [3.8, 4) is 0 Å². The van der Waals surface area contributed by atoms with Crippen LogP contribution in [-0.4, -0.2) is 52.4 Å². The van der Waals surface area contributed by atoms with Crippen molar-refractivity contribution < 1.29 is 4.79 Å². The van der Waals surface area contributed by atoms with Crippen LogP contribution < -0.4 is 5.56 Å². The molecule has 4 rings (SSSR count). The molecule has 1 aromatic rings. The number of likely N-dealkylation sites (tertiary alicyclic amines) is 1. The quantitative estimate of drug-likeness (QED) is 0.821. The molecule has 0 bridgehead atoms. The molecule has 6 nitrogen and oxygen atoms in total. The molecule has 0 spiro atoms. The number of piperidine rings is 1. The number of allylic oxidation sites excluding steroid dienone is 2. The molecule has 1 fully saturated rings. The first-order valence-electron chi connectivity index (χ1n) is 9.86. The molecule has 0 saturated carbocycles. The second-order valence-electron chi connectivity index (χ2n) is 7.97. The lowest BCUT2D eigenvalue weighted by atomic mass is 9.90. The molecule has 3 aliphatic rings. The van der Waals surface area contributed by atoms with E-state index in [0.717, 1.165) is 68.7 Å². The highest BCUT2D eigenvalue weighted by Crippen LogP contribution is 2.28. The van der Waals surface area contributed by atoms with Gasteiger partial charge in [-0.15, -0.1) is 0 Å². The van der Waals surface area contributed by atoms with Crippen LogP contribution in [-0.2, 0) is 17.8 Å². The summed E-state index contributed by atoms with van der Waals surface area (Å²) in [7, 11) is 2.03. The molecule has 2 aliphatic heterocycles. The van der Waals surface area contributed by atoms with Crippen molar-refractivity contribution >= 4 is 5.91 Å². The number of carbonyl (C=O) groups is 1. The van der Waals surface area contributed by atoms with Gasteiger partial charge in [-0.05, 0) is 39.2 Å². The summed E-state index contributed by atoms with van der Waals surface area (Å²) in [5.74, 6) is 1.33. The number of nitrogens with zero attached hydrogens (tertiary/aromatic N) is 3. The van der Waals surface area contributed by atoms with Gasteiger partial charge in [-0.3, -0.25) is 9.59 Å². The highest BCUT2D eigenvalue weighted by Gasteiger charge is 2.31. The van der Waals surface area contributed by atoms with Crippen LogP contribution in [0, 0.1) is 5.92 Å². The van der Waals surface area contributed by atoms with Crippen LogP contribution in [0.3, 0.4) is 0 Å². The van der Waals surface area contributed by atoms with Crippen LogP contribution in [0.25, 0.3) is 0 Å². The van der Waals surface area contributed by atoms with Crippen molar-refractivity contribution in [2.45, 2.75) is 51.0 Å². The van der Waals surface area contributed by atoms with Crippen LogP contribution in [0.1, 0.15) is 55.1 Å². The van der Waals surface area contributed by atoms with Gasteiger partial charge < -0.3 is 14.8 Å². The maximum atomic E-state index is 12.9. The first-order valence-corrected chi connectivity index (χ1v) is 9.86. The van der Waals surface area contributed by atoms with E-state index in [9.17, 15) is 9.59 Å². The van der Waals surface area contributed by atoms with Crippen molar-refractivity contribution in [2.75, 3.05) is 26.7 Å². The van der Waals surface area contributed by atoms with E-state index in [4.69, 9.17) is 4.98 Å².